The van der Waals surface area contributed by atoms with E-state index in [0.717, 1.165) is 17.7 Å². The van der Waals surface area contributed by atoms with E-state index >= 15 is 0 Å². The van der Waals surface area contributed by atoms with Crippen molar-refractivity contribution in [3.63, 3.8) is 0 Å². The Bertz CT molecular complexity index is 1410. The number of nitrogens with one attached hydrogen (secondary N) is 2. The molecule has 37 heavy (non-hydrogen) atoms. The van der Waals surface area contributed by atoms with Gasteiger partial charge in [0.1, 0.15) is 11.6 Å². The van der Waals surface area contributed by atoms with Crippen molar-refractivity contribution in [2.45, 2.75) is 26.2 Å². The molecule has 3 aromatic carbocycles. The van der Waals surface area contributed by atoms with E-state index in [9.17, 15) is 18.8 Å². The molecule has 8 heteroatoms. The van der Waals surface area contributed by atoms with Gasteiger partial charge in [0.2, 0.25) is 5.91 Å². The fourth-order valence-electron chi connectivity index (χ4n) is 5.29. The van der Waals surface area contributed by atoms with Crippen molar-refractivity contribution < 1.29 is 23.5 Å². The molecule has 1 spiro atoms. The normalized spacial score (nSPS) is 18.7. The second-order valence-electron chi connectivity index (χ2n) is 9.63. The molecule has 1 atom stereocenters. The van der Waals surface area contributed by atoms with Crippen LogP contribution in [0.4, 0.5) is 15.8 Å². The van der Waals surface area contributed by atoms with Crippen LogP contribution in [0.25, 0.3) is 0 Å². The minimum absolute atomic E-state index is 0.0443. The van der Waals surface area contributed by atoms with Crippen LogP contribution < -0.4 is 20.3 Å². The molecule has 1 unspecified atom stereocenters. The fraction of sp³-hybridized carbons (Fsp3) is 0.276. The average Bonchev–Trinajstić information content (AvgIpc) is 3.15. The van der Waals surface area contributed by atoms with Gasteiger partial charge >= 0.3 is 0 Å². The van der Waals surface area contributed by atoms with Gasteiger partial charge in [-0.05, 0) is 67.6 Å². The van der Waals surface area contributed by atoms with Crippen molar-refractivity contribution in [1.82, 2.24) is 5.32 Å². The third kappa shape index (κ3) is 4.55. The zero-order chi connectivity index (χ0) is 26.2. The van der Waals surface area contributed by atoms with Crippen LogP contribution in [0.5, 0.6) is 5.75 Å². The highest BCUT2D eigenvalue weighted by atomic mass is 19.1. The second kappa shape index (κ2) is 9.69. The quantitative estimate of drug-likeness (QED) is 0.551. The number of carbonyl (C=O) groups is 3. The van der Waals surface area contributed by atoms with Crippen molar-refractivity contribution in [3.8, 4) is 5.75 Å². The van der Waals surface area contributed by atoms with E-state index < -0.39 is 17.1 Å². The van der Waals surface area contributed by atoms with Crippen molar-refractivity contribution >= 4 is 29.1 Å². The standard InChI is InChI=1S/C29H28FN3O4/c1-18-7-8-20(30)15-23(18)26(34)32-21-9-10-22(25(16-21)37-2)27(35)33-14-12-29(11-13-31-28(29)36)17-19-5-3-4-6-24(19)33/h3-10,15-16H,11-14,17H2,1-2H3,(H,31,36)(H,32,34). The number of benzene rings is 3. The number of aryl methyl sites for hydroxylation is 1. The number of ether oxygens (including phenoxy) is 1. The zero-order valence-corrected chi connectivity index (χ0v) is 20.8. The number of hydrogen-bond donors (Lipinski definition) is 2. The molecule has 190 valence electrons. The van der Waals surface area contributed by atoms with Crippen LogP contribution in [0.3, 0.4) is 0 Å². The van der Waals surface area contributed by atoms with Gasteiger partial charge in [0.05, 0.1) is 18.1 Å². The van der Waals surface area contributed by atoms with Crippen LogP contribution in [-0.2, 0) is 11.2 Å². The lowest BCUT2D eigenvalue weighted by Crippen LogP contribution is -2.37. The van der Waals surface area contributed by atoms with Crippen LogP contribution in [-0.4, -0.2) is 37.9 Å². The predicted octanol–water partition coefficient (Wildman–Crippen LogP) is 4.49. The molecule has 3 amide bonds. The highest BCUT2D eigenvalue weighted by molar-refractivity contribution is 6.10. The predicted molar refractivity (Wildman–Crippen MR) is 139 cm³/mol. The Morgan fingerprint density at radius 1 is 1.05 bits per heavy atom. The maximum Gasteiger partial charge on any atom is 0.262 e. The lowest BCUT2D eigenvalue weighted by molar-refractivity contribution is -0.127. The van der Waals surface area contributed by atoms with Gasteiger partial charge in [0.25, 0.3) is 11.8 Å². The minimum atomic E-state index is -0.515. The molecule has 2 aliphatic heterocycles. The Hall–Kier alpha value is -4.20. The molecule has 3 aromatic rings. The zero-order valence-electron chi connectivity index (χ0n) is 20.8. The van der Waals surface area contributed by atoms with Crippen molar-refractivity contribution in [1.29, 1.82) is 0 Å². The van der Waals surface area contributed by atoms with Crippen molar-refractivity contribution in [3.05, 3.63) is 88.7 Å². The Labute approximate surface area is 214 Å². The molecule has 0 radical (unpaired) electrons. The molecule has 1 fully saturated rings. The monoisotopic (exact) mass is 501 g/mol. The third-order valence-corrected chi connectivity index (χ3v) is 7.38. The summed E-state index contributed by atoms with van der Waals surface area (Å²) in [4.78, 5) is 41.0. The summed E-state index contributed by atoms with van der Waals surface area (Å²) in [6, 6.07) is 16.5. The summed E-state index contributed by atoms with van der Waals surface area (Å²) in [6.07, 6.45) is 1.88. The number of anilines is 2. The topological polar surface area (TPSA) is 87.7 Å². The first kappa shape index (κ1) is 24.5. The second-order valence-corrected chi connectivity index (χ2v) is 9.63. The van der Waals surface area contributed by atoms with Gasteiger partial charge in [-0.1, -0.05) is 24.3 Å². The molecule has 0 bridgehead atoms. The molecule has 0 aromatic heterocycles. The summed E-state index contributed by atoms with van der Waals surface area (Å²) >= 11 is 0. The molecular formula is C29H28FN3O4. The largest absolute Gasteiger partial charge is 0.496 e. The molecule has 0 saturated carbocycles. The molecule has 2 N–H and O–H groups in total. The number of hydrogen-bond acceptors (Lipinski definition) is 4. The van der Waals surface area contributed by atoms with Crippen LogP contribution >= 0.6 is 0 Å². The number of carbonyl (C=O) groups excluding carboxylic acids is 3. The summed E-state index contributed by atoms with van der Waals surface area (Å²) in [5.74, 6) is -0.862. The van der Waals surface area contributed by atoms with E-state index in [0.29, 0.717) is 48.5 Å². The first-order valence-corrected chi connectivity index (χ1v) is 12.2. The molecule has 0 aliphatic carbocycles. The lowest BCUT2D eigenvalue weighted by Gasteiger charge is -2.25. The molecule has 7 nitrogen and oxygen atoms in total. The number of fused-ring (bicyclic) bond motifs is 1. The summed E-state index contributed by atoms with van der Waals surface area (Å²) in [5.41, 5.74) is 2.85. The maximum absolute atomic E-state index is 13.8. The van der Waals surface area contributed by atoms with Gasteiger partial charge in [-0.15, -0.1) is 0 Å². The van der Waals surface area contributed by atoms with E-state index in [-0.39, 0.29) is 17.4 Å². The van der Waals surface area contributed by atoms with Crippen LogP contribution in [0.2, 0.25) is 0 Å². The average molecular weight is 502 g/mol. The first-order valence-electron chi connectivity index (χ1n) is 12.2. The van der Waals surface area contributed by atoms with Gasteiger partial charge in [-0.25, -0.2) is 4.39 Å². The summed E-state index contributed by atoms with van der Waals surface area (Å²) in [5, 5.41) is 5.71. The Kier molecular flexibility index (Phi) is 6.41. The van der Waals surface area contributed by atoms with E-state index in [1.54, 1.807) is 36.1 Å². The number of methoxy groups -OCH3 is 1. The fourth-order valence-corrected chi connectivity index (χ4v) is 5.29. The van der Waals surface area contributed by atoms with E-state index in [1.165, 1.54) is 19.2 Å². The Balaban J connectivity index is 1.43. The SMILES string of the molecule is COc1cc(NC(=O)c2cc(F)ccc2C)ccc1C(=O)N1CCC2(CCNC2=O)Cc2ccccc21. The maximum atomic E-state index is 13.8. The highest BCUT2D eigenvalue weighted by Crippen LogP contribution is 2.41. The van der Waals surface area contributed by atoms with Crippen LogP contribution in [0, 0.1) is 18.2 Å². The molecule has 2 aliphatic rings. The first-order chi connectivity index (χ1) is 17.8. The van der Waals surface area contributed by atoms with Gasteiger partial charge in [-0.2, -0.15) is 0 Å². The Morgan fingerprint density at radius 2 is 1.86 bits per heavy atom. The molecule has 5 rings (SSSR count). The molecule has 2 heterocycles. The third-order valence-electron chi connectivity index (χ3n) is 7.38. The van der Waals surface area contributed by atoms with Gasteiger partial charge in [0, 0.05) is 36.1 Å². The van der Waals surface area contributed by atoms with Gasteiger partial charge < -0.3 is 20.3 Å². The molecular weight excluding hydrogens is 473 g/mol. The Morgan fingerprint density at radius 3 is 2.62 bits per heavy atom. The number of rotatable bonds is 4. The number of amides is 3. The number of para-hydroxylation sites is 1. The van der Waals surface area contributed by atoms with Crippen molar-refractivity contribution in [2.24, 2.45) is 5.41 Å². The molecule has 1 saturated heterocycles. The summed E-state index contributed by atoms with van der Waals surface area (Å²) in [7, 11) is 1.46. The number of halogens is 1. The smallest absolute Gasteiger partial charge is 0.262 e. The van der Waals surface area contributed by atoms with Crippen LogP contribution in [0.1, 0.15) is 44.7 Å². The highest BCUT2D eigenvalue weighted by Gasteiger charge is 2.45. The van der Waals surface area contributed by atoms with Crippen LogP contribution in [0.15, 0.2) is 60.7 Å². The van der Waals surface area contributed by atoms with E-state index in [2.05, 4.69) is 10.6 Å². The van der Waals surface area contributed by atoms with Crippen molar-refractivity contribution in [2.75, 3.05) is 30.4 Å². The minimum Gasteiger partial charge on any atom is -0.496 e. The van der Waals surface area contributed by atoms with E-state index in [4.69, 9.17) is 4.74 Å². The van der Waals surface area contributed by atoms with E-state index in [1.807, 2.05) is 24.3 Å². The van der Waals surface area contributed by atoms with Gasteiger partial charge in [0.15, 0.2) is 0 Å². The van der Waals surface area contributed by atoms with Gasteiger partial charge in [-0.3, -0.25) is 14.4 Å². The summed E-state index contributed by atoms with van der Waals surface area (Å²) in [6.45, 7) is 2.77. The number of nitrogens with zero attached hydrogens (tertiary/aromatic N) is 1. The summed E-state index contributed by atoms with van der Waals surface area (Å²) < 4.78 is 19.2. The lowest BCUT2D eigenvalue weighted by atomic mass is 9.78.